The van der Waals surface area contributed by atoms with Crippen LogP contribution in [0.25, 0.3) is 11.0 Å². The van der Waals surface area contributed by atoms with Gasteiger partial charge in [0, 0.05) is 24.0 Å². The zero-order valence-corrected chi connectivity index (χ0v) is 14.6. The van der Waals surface area contributed by atoms with Crippen LogP contribution in [0.5, 0.6) is 0 Å². The lowest BCUT2D eigenvalue weighted by Crippen LogP contribution is -2.19. The summed E-state index contributed by atoms with van der Waals surface area (Å²) in [7, 11) is 2.03. The van der Waals surface area contributed by atoms with E-state index in [2.05, 4.69) is 45.3 Å². The number of rotatable bonds is 2. The van der Waals surface area contributed by atoms with Crippen molar-refractivity contribution in [3.63, 3.8) is 0 Å². The average molecular weight is 322 g/mol. The molecule has 0 fully saturated rings. The molecular formula is C18H22N6. The Balaban J connectivity index is 1.79. The standard InChI is InChI=1S/C18H22N6/c1-10-8-11(2)21-17-15(10)18(20-9-19-17)22-13-6-5-7-14-16(13)12(3)23-24(14)4/h8-9,13H,5-7H2,1-4H3,(H,19,20,21,22). The molecule has 0 bridgehead atoms. The van der Waals surface area contributed by atoms with Gasteiger partial charge in [-0.1, -0.05) is 0 Å². The third kappa shape index (κ3) is 2.33. The average Bonchev–Trinajstić information content (AvgIpc) is 2.82. The van der Waals surface area contributed by atoms with Crippen LogP contribution in [0.3, 0.4) is 0 Å². The quantitative estimate of drug-likeness (QED) is 0.785. The maximum atomic E-state index is 4.61. The van der Waals surface area contributed by atoms with Crippen molar-refractivity contribution >= 4 is 16.9 Å². The van der Waals surface area contributed by atoms with Crippen molar-refractivity contribution in [1.82, 2.24) is 24.7 Å². The summed E-state index contributed by atoms with van der Waals surface area (Å²) in [4.78, 5) is 13.4. The minimum Gasteiger partial charge on any atom is -0.362 e. The van der Waals surface area contributed by atoms with Crippen LogP contribution in [0.4, 0.5) is 5.82 Å². The predicted molar refractivity (Wildman–Crippen MR) is 94.1 cm³/mol. The van der Waals surface area contributed by atoms with Crippen molar-refractivity contribution in [2.45, 2.75) is 46.1 Å². The number of nitrogens with one attached hydrogen (secondary N) is 1. The Hall–Kier alpha value is -2.50. The lowest BCUT2D eigenvalue weighted by Gasteiger charge is -2.25. The molecule has 24 heavy (non-hydrogen) atoms. The van der Waals surface area contributed by atoms with Crippen LogP contribution >= 0.6 is 0 Å². The lowest BCUT2D eigenvalue weighted by molar-refractivity contribution is 0.570. The lowest BCUT2D eigenvalue weighted by atomic mass is 9.91. The predicted octanol–water partition coefficient (Wildman–Crippen LogP) is 3.17. The fraction of sp³-hybridized carbons (Fsp3) is 0.444. The monoisotopic (exact) mass is 322 g/mol. The molecule has 3 heterocycles. The first-order chi connectivity index (χ1) is 11.5. The molecule has 0 spiro atoms. The van der Waals surface area contributed by atoms with E-state index in [9.17, 15) is 0 Å². The van der Waals surface area contributed by atoms with Crippen molar-refractivity contribution < 1.29 is 0 Å². The molecule has 3 aromatic rings. The van der Waals surface area contributed by atoms with Gasteiger partial charge in [0.1, 0.15) is 12.1 Å². The molecule has 6 heteroatoms. The van der Waals surface area contributed by atoms with Gasteiger partial charge in [-0.2, -0.15) is 5.10 Å². The first-order valence-electron chi connectivity index (χ1n) is 8.42. The van der Waals surface area contributed by atoms with Gasteiger partial charge in [0.25, 0.3) is 0 Å². The van der Waals surface area contributed by atoms with E-state index in [1.807, 2.05) is 18.7 Å². The van der Waals surface area contributed by atoms with Gasteiger partial charge in [0.15, 0.2) is 5.65 Å². The molecule has 124 valence electrons. The molecule has 0 aliphatic heterocycles. The van der Waals surface area contributed by atoms with Gasteiger partial charge in [0.05, 0.1) is 17.1 Å². The van der Waals surface area contributed by atoms with Crippen molar-refractivity contribution in [1.29, 1.82) is 0 Å². The molecule has 0 radical (unpaired) electrons. The Morgan fingerprint density at radius 3 is 2.88 bits per heavy atom. The summed E-state index contributed by atoms with van der Waals surface area (Å²) >= 11 is 0. The zero-order valence-electron chi connectivity index (χ0n) is 14.6. The molecule has 0 saturated heterocycles. The minimum atomic E-state index is 0.237. The van der Waals surface area contributed by atoms with Crippen molar-refractivity contribution in [3.8, 4) is 0 Å². The topological polar surface area (TPSA) is 68.5 Å². The summed E-state index contributed by atoms with van der Waals surface area (Å²) in [5.74, 6) is 0.867. The highest BCUT2D eigenvalue weighted by Crippen LogP contribution is 2.35. The number of aryl methyl sites for hydroxylation is 4. The minimum absolute atomic E-state index is 0.237. The van der Waals surface area contributed by atoms with Crippen LogP contribution in [0.15, 0.2) is 12.4 Å². The van der Waals surface area contributed by atoms with Crippen LogP contribution < -0.4 is 5.32 Å². The maximum absolute atomic E-state index is 4.61. The summed E-state index contributed by atoms with van der Waals surface area (Å²) in [5, 5.41) is 9.27. The first-order valence-corrected chi connectivity index (χ1v) is 8.42. The van der Waals surface area contributed by atoms with E-state index in [4.69, 9.17) is 0 Å². The second-order valence-electron chi connectivity index (χ2n) is 6.66. The fourth-order valence-electron chi connectivity index (χ4n) is 3.92. The number of nitrogens with zero attached hydrogens (tertiary/aromatic N) is 5. The molecule has 6 nitrogen and oxygen atoms in total. The van der Waals surface area contributed by atoms with Crippen LogP contribution in [0.2, 0.25) is 0 Å². The molecule has 4 rings (SSSR count). The van der Waals surface area contributed by atoms with Gasteiger partial charge in [-0.15, -0.1) is 0 Å². The number of hydrogen-bond donors (Lipinski definition) is 1. The second kappa shape index (κ2) is 5.54. The summed E-state index contributed by atoms with van der Waals surface area (Å²) < 4.78 is 2.02. The van der Waals surface area contributed by atoms with Gasteiger partial charge < -0.3 is 5.32 Å². The molecule has 3 aromatic heterocycles. The third-order valence-electron chi connectivity index (χ3n) is 4.89. The largest absolute Gasteiger partial charge is 0.362 e. The highest BCUT2D eigenvalue weighted by atomic mass is 15.3. The fourth-order valence-corrected chi connectivity index (χ4v) is 3.92. The Bertz CT molecular complexity index is 927. The summed E-state index contributed by atoms with van der Waals surface area (Å²) in [5.41, 5.74) is 6.65. The van der Waals surface area contributed by atoms with E-state index < -0.39 is 0 Å². The molecule has 0 saturated carbocycles. The molecule has 1 unspecified atom stereocenters. The molecule has 1 atom stereocenters. The Morgan fingerprint density at radius 2 is 2.04 bits per heavy atom. The van der Waals surface area contributed by atoms with E-state index in [0.717, 1.165) is 53.1 Å². The first kappa shape index (κ1) is 15.1. The van der Waals surface area contributed by atoms with Gasteiger partial charge >= 0.3 is 0 Å². The van der Waals surface area contributed by atoms with Crippen molar-refractivity contribution in [2.75, 3.05) is 5.32 Å². The summed E-state index contributed by atoms with van der Waals surface area (Å²) in [6.07, 6.45) is 4.93. The van der Waals surface area contributed by atoms with Gasteiger partial charge in [-0.25, -0.2) is 15.0 Å². The third-order valence-corrected chi connectivity index (χ3v) is 4.89. The SMILES string of the molecule is Cc1cc(C)c2c(NC3CCCc4c3c(C)nn4C)ncnc2n1. The van der Waals surface area contributed by atoms with E-state index >= 15 is 0 Å². The van der Waals surface area contributed by atoms with Crippen LogP contribution in [0.1, 0.15) is 47.1 Å². The number of fused-ring (bicyclic) bond motifs is 2. The van der Waals surface area contributed by atoms with Gasteiger partial charge in [-0.05, 0) is 51.7 Å². The van der Waals surface area contributed by atoms with Crippen LogP contribution in [-0.4, -0.2) is 24.7 Å². The van der Waals surface area contributed by atoms with E-state index in [0.29, 0.717) is 0 Å². The number of hydrogen-bond acceptors (Lipinski definition) is 5. The smallest absolute Gasteiger partial charge is 0.165 e. The molecule has 0 amide bonds. The normalized spacial score (nSPS) is 17.1. The Kier molecular flexibility index (Phi) is 3.48. The second-order valence-corrected chi connectivity index (χ2v) is 6.66. The Labute approximate surface area is 141 Å². The zero-order chi connectivity index (χ0) is 16.8. The van der Waals surface area contributed by atoms with Gasteiger partial charge in [-0.3, -0.25) is 4.68 Å². The van der Waals surface area contributed by atoms with Crippen LogP contribution in [0, 0.1) is 20.8 Å². The number of anilines is 1. The van der Waals surface area contributed by atoms with Crippen molar-refractivity contribution in [3.05, 3.63) is 40.6 Å². The molecule has 1 N–H and O–H groups in total. The highest BCUT2D eigenvalue weighted by Gasteiger charge is 2.27. The van der Waals surface area contributed by atoms with E-state index in [1.165, 1.54) is 11.3 Å². The Morgan fingerprint density at radius 1 is 1.21 bits per heavy atom. The number of aromatic nitrogens is 5. The molecule has 1 aliphatic rings. The number of pyridine rings is 1. The maximum Gasteiger partial charge on any atom is 0.165 e. The van der Waals surface area contributed by atoms with Gasteiger partial charge in [0.2, 0.25) is 0 Å². The molecular weight excluding hydrogens is 300 g/mol. The molecule has 0 aromatic carbocycles. The summed E-state index contributed by atoms with van der Waals surface area (Å²) in [6.45, 7) is 6.17. The van der Waals surface area contributed by atoms with Crippen LogP contribution in [-0.2, 0) is 13.5 Å². The van der Waals surface area contributed by atoms with E-state index in [1.54, 1.807) is 6.33 Å². The molecule has 1 aliphatic carbocycles. The van der Waals surface area contributed by atoms with E-state index in [-0.39, 0.29) is 6.04 Å². The highest BCUT2D eigenvalue weighted by molar-refractivity contribution is 5.89. The summed E-state index contributed by atoms with van der Waals surface area (Å²) in [6, 6.07) is 2.32. The van der Waals surface area contributed by atoms with Crippen molar-refractivity contribution in [2.24, 2.45) is 7.05 Å².